The van der Waals surface area contributed by atoms with Crippen molar-refractivity contribution < 1.29 is 14.6 Å². The van der Waals surface area contributed by atoms with Crippen LogP contribution in [0.25, 0.3) is 0 Å². The van der Waals surface area contributed by atoms with Crippen LogP contribution in [0.15, 0.2) is 12.1 Å². The third-order valence-corrected chi connectivity index (χ3v) is 3.92. The molecule has 0 aliphatic carbocycles. The van der Waals surface area contributed by atoms with Crippen molar-refractivity contribution in [3.05, 3.63) is 21.9 Å². The van der Waals surface area contributed by atoms with Gasteiger partial charge in [-0.2, -0.15) is 0 Å². The van der Waals surface area contributed by atoms with Crippen LogP contribution in [0, 0.1) is 6.92 Å². The van der Waals surface area contributed by atoms with Gasteiger partial charge in [-0.1, -0.05) is 0 Å². The molecule has 4 nitrogen and oxygen atoms in total. The highest BCUT2D eigenvalue weighted by Crippen LogP contribution is 2.21. The molecular formula is C14H25NO3S. The van der Waals surface area contributed by atoms with Crippen LogP contribution < -0.4 is 5.32 Å². The molecule has 0 aliphatic heterocycles. The predicted octanol–water partition coefficient (Wildman–Crippen LogP) is 2.12. The number of aliphatic hydroxyl groups is 1. The number of thiophene rings is 1. The van der Waals surface area contributed by atoms with E-state index in [1.165, 1.54) is 9.75 Å². The molecule has 0 radical (unpaired) electrons. The number of ether oxygens (including phenoxy) is 2. The summed E-state index contributed by atoms with van der Waals surface area (Å²) in [7, 11) is 0. The Morgan fingerprint density at radius 1 is 1.32 bits per heavy atom. The first-order valence-corrected chi connectivity index (χ1v) is 7.58. The first kappa shape index (κ1) is 16.6. The van der Waals surface area contributed by atoms with Gasteiger partial charge >= 0.3 is 0 Å². The summed E-state index contributed by atoms with van der Waals surface area (Å²) in [6, 6.07) is 4.51. The van der Waals surface area contributed by atoms with E-state index in [1.54, 1.807) is 11.3 Å². The quantitative estimate of drug-likeness (QED) is 0.647. The predicted molar refractivity (Wildman–Crippen MR) is 78.8 cm³/mol. The fraction of sp³-hybridized carbons (Fsp3) is 0.714. The number of nitrogens with one attached hydrogen (secondary N) is 1. The monoisotopic (exact) mass is 287 g/mol. The molecule has 0 saturated heterocycles. The largest absolute Gasteiger partial charge is 0.389 e. The van der Waals surface area contributed by atoms with Crippen molar-refractivity contribution in [3.63, 3.8) is 0 Å². The lowest BCUT2D eigenvalue weighted by Gasteiger charge is -2.16. The third-order valence-electron chi connectivity index (χ3n) is 2.73. The minimum atomic E-state index is -0.481. The Kier molecular flexibility index (Phi) is 8.25. The van der Waals surface area contributed by atoms with Crippen molar-refractivity contribution in [1.29, 1.82) is 0 Å². The number of hydrogen-bond donors (Lipinski definition) is 2. The number of aliphatic hydroxyl groups excluding tert-OH is 1. The van der Waals surface area contributed by atoms with E-state index in [-0.39, 0.29) is 6.04 Å². The first-order chi connectivity index (χ1) is 9.13. The molecule has 2 N–H and O–H groups in total. The van der Waals surface area contributed by atoms with E-state index in [1.807, 2.05) is 6.92 Å². The molecule has 2 atom stereocenters. The van der Waals surface area contributed by atoms with Crippen LogP contribution in [0.3, 0.4) is 0 Å². The summed E-state index contributed by atoms with van der Waals surface area (Å²) in [5.74, 6) is 0. The smallest absolute Gasteiger partial charge is 0.0897 e. The molecule has 110 valence electrons. The van der Waals surface area contributed by atoms with Crippen LogP contribution in [0.2, 0.25) is 0 Å². The van der Waals surface area contributed by atoms with Gasteiger partial charge in [0, 0.05) is 28.9 Å². The molecule has 5 heteroatoms. The Morgan fingerprint density at radius 2 is 2.05 bits per heavy atom. The van der Waals surface area contributed by atoms with Gasteiger partial charge < -0.3 is 19.9 Å². The molecule has 0 amide bonds. The van der Waals surface area contributed by atoms with Gasteiger partial charge in [0.15, 0.2) is 0 Å². The molecule has 0 fully saturated rings. The van der Waals surface area contributed by atoms with Crippen LogP contribution in [-0.4, -0.2) is 44.2 Å². The van der Waals surface area contributed by atoms with E-state index in [9.17, 15) is 5.11 Å². The van der Waals surface area contributed by atoms with Crippen molar-refractivity contribution in [2.75, 3.05) is 33.0 Å². The van der Waals surface area contributed by atoms with E-state index in [0.717, 1.165) is 0 Å². The van der Waals surface area contributed by atoms with E-state index >= 15 is 0 Å². The van der Waals surface area contributed by atoms with Gasteiger partial charge in [-0.05, 0) is 32.9 Å². The van der Waals surface area contributed by atoms with Gasteiger partial charge in [0.2, 0.25) is 0 Å². The zero-order chi connectivity index (χ0) is 14.1. The summed E-state index contributed by atoms with van der Waals surface area (Å²) in [6.45, 7) is 8.85. The second kappa shape index (κ2) is 9.44. The molecule has 1 aromatic heterocycles. The molecule has 0 bridgehead atoms. The van der Waals surface area contributed by atoms with Crippen LogP contribution in [-0.2, 0) is 9.47 Å². The van der Waals surface area contributed by atoms with Crippen LogP contribution >= 0.6 is 11.3 Å². The summed E-state index contributed by atoms with van der Waals surface area (Å²) in [6.07, 6.45) is -0.481. The first-order valence-electron chi connectivity index (χ1n) is 6.76. The molecule has 1 rings (SSSR count). The summed E-state index contributed by atoms with van der Waals surface area (Å²) < 4.78 is 10.5. The summed E-state index contributed by atoms with van der Waals surface area (Å²) in [5, 5.41) is 13.1. The molecule has 0 aliphatic rings. The van der Waals surface area contributed by atoms with Crippen LogP contribution in [0.5, 0.6) is 0 Å². The van der Waals surface area contributed by atoms with Gasteiger partial charge in [0.05, 0.1) is 25.9 Å². The van der Waals surface area contributed by atoms with Crippen molar-refractivity contribution in [2.24, 2.45) is 0 Å². The lowest BCUT2D eigenvalue weighted by molar-refractivity contribution is 0.00588. The molecule has 0 aromatic carbocycles. The van der Waals surface area contributed by atoms with Crippen molar-refractivity contribution in [3.8, 4) is 0 Å². The SMILES string of the molecule is CCOCCOCC(O)CNC(C)c1ccc(C)s1. The highest BCUT2D eigenvalue weighted by atomic mass is 32.1. The Hall–Kier alpha value is -0.460. The lowest BCUT2D eigenvalue weighted by atomic mass is 10.2. The standard InChI is InChI=1S/C14H25NO3S/c1-4-17-7-8-18-10-13(16)9-15-12(3)14-6-5-11(2)19-14/h5-6,12-13,15-16H,4,7-10H2,1-3H3. The Labute approximate surface area is 119 Å². The Balaban J connectivity index is 2.10. The second-order valence-corrected chi connectivity index (χ2v) is 5.82. The van der Waals surface area contributed by atoms with Gasteiger partial charge in [0.1, 0.15) is 0 Å². The maximum absolute atomic E-state index is 9.78. The van der Waals surface area contributed by atoms with E-state index in [0.29, 0.717) is 33.0 Å². The zero-order valence-corrected chi connectivity index (χ0v) is 12.8. The molecule has 19 heavy (non-hydrogen) atoms. The van der Waals surface area contributed by atoms with E-state index in [2.05, 4.69) is 31.3 Å². The lowest BCUT2D eigenvalue weighted by Crippen LogP contribution is -2.32. The number of hydrogen-bond acceptors (Lipinski definition) is 5. The second-order valence-electron chi connectivity index (χ2n) is 4.50. The zero-order valence-electron chi connectivity index (χ0n) is 12.0. The third kappa shape index (κ3) is 7.03. The van der Waals surface area contributed by atoms with Gasteiger partial charge in [-0.3, -0.25) is 0 Å². The molecule has 1 heterocycles. The van der Waals surface area contributed by atoms with Crippen molar-refractivity contribution >= 4 is 11.3 Å². The van der Waals surface area contributed by atoms with E-state index < -0.39 is 6.10 Å². The molecular weight excluding hydrogens is 262 g/mol. The Bertz CT molecular complexity index is 343. The maximum Gasteiger partial charge on any atom is 0.0897 e. The number of aryl methyl sites for hydroxylation is 1. The van der Waals surface area contributed by atoms with Crippen molar-refractivity contribution in [2.45, 2.75) is 32.9 Å². The summed E-state index contributed by atoms with van der Waals surface area (Å²) in [5.41, 5.74) is 0. The fourth-order valence-electron chi connectivity index (χ4n) is 1.64. The van der Waals surface area contributed by atoms with Crippen LogP contribution in [0.1, 0.15) is 29.6 Å². The maximum atomic E-state index is 9.78. The van der Waals surface area contributed by atoms with Crippen LogP contribution in [0.4, 0.5) is 0 Å². The molecule has 0 spiro atoms. The summed E-state index contributed by atoms with van der Waals surface area (Å²) >= 11 is 1.78. The molecule has 1 aromatic rings. The fourth-order valence-corrected chi connectivity index (χ4v) is 2.54. The van der Waals surface area contributed by atoms with Gasteiger partial charge in [0.25, 0.3) is 0 Å². The minimum absolute atomic E-state index is 0.261. The average Bonchev–Trinajstić information content (AvgIpc) is 2.82. The minimum Gasteiger partial charge on any atom is -0.389 e. The highest BCUT2D eigenvalue weighted by Gasteiger charge is 2.10. The average molecular weight is 287 g/mol. The van der Waals surface area contributed by atoms with Gasteiger partial charge in [-0.15, -0.1) is 11.3 Å². The van der Waals surface area contributed by atoms with Crippen molar-refractivity contribution in [1.82, 2.24) is 5.32 Å². The van der Waals surface area contributed by atoms with Gasteiger partial charge in [-0.25, -0.2) is 0 Å². The van der Waals surface area contributed by atoms with E-state index in [4.69, 9.17) is 9.47 Å². The molecule has 2 unspecified atom stereocenters. The highest BCUT2D eigenvalue weighted by molar-refractivity contribution is 7.12. The number of rotatable bonds is 10. The Morgan fingerprint density at radius 3 is 2.68 bits per heavy atom. The molecule has 0 saturated carbocycles. The topological polar surface area (TPSA) is 50.7 Å². The normalized spacial score (nSPS) is 14.5. The summed E-state index contributed by atoms with van der Waals surface area (Å²) in [4.78, 5) is 2.60.